The van der Waals surface area contributed by atoms with Crippen molar-refractivity contribution in [3.05, 3.63) is 59.6 Å². The van der Waals surface area contributed by atoms with Crippen molar-refractivity contribution in [2.24, 2.45) is 0 Å². The summed E-state index contributed by atoms with van der Waals surface area (Å²) in [5.41, 5.74) is 1.23. The van der Waals surface area contributed by atoms with E-state index in [9.17, 15) is 9.18 Å². The number of hydrogen-bond donors (Lipinski definition) is 1. The van der Waals surface area contributed by atoms with Crippen molar-refractivity contribution in [1.29, 1.82) is 0 Å². The third-order valence-corrected chi connectivity index (χ3v) is 4.21. The molecule has 0 aliphatic heterocycles. The second-order valence-corrected chi connectivity index (χ2v) is 6.19. The van der Waals surface area contributed by atoms with Gasteiger partial charge in [-0.1, -0.05) is 18.2 Å². The molecule has 1 unspecified atom stereocenters. The number of carbonyl (C=O) groups is 1. The summed E-state index contributed by atoms with van der Waals surface area (Å²) in [4.78, 5) is 12.3. The molecule has 0 aliphatic rings. The summed E-state index contributed by atoms with van der Waals surface area (Å²) in [6.07, 6.45) is 0.0652. The van der Waals surface area contributed by atoms with Crippen LogP contribution in [0.5, 0.6) is 11.5 Å². The van der Waals surface area contributed by atoms with Gasteiger partial charge in [0.1, 0.15) is 5.76 Å². The fourth-order valence-electron chi connectivity index (χ4n) is 2.91. The Morgan fingerprint density at radius 1 is 1.22 bits per heavy atom. The van der Waals surface area contributed by atoms with E-state index in [1.807, 2.05) is 38.1 Å². The van der Waals surface area contributed by atoms with Crippen molar-refractivity contribution in [2.45, 2.75) is 26.3 Å². The van der Waals surface area contributed by atoms with Gasteiger partial charge >= 0.3 is 0 Å². The number of para-hydroxylation sites is 1. The molecule has 0 aliphatic carbocycles. The van der Waals surface area contributed by atoms with Gasteiger partial charge in [0.25, 0.3) is 0 Å². The highest BCUT2D eigenvalue weighted by molar-refractivity contribution is 5.84. The number of halogens is 1. The summed E-state index contributed by atoms with van der Waals surface area (Å²) in [7, 11) is 1.40. The number of carbonyl (C=O) groups excluding carboxylic acids is 1. The van der Waals surface area contributed by atoms with Crippen LogP contribution in [0.1, 0.15) is 31.2 Å². The van der Waals surface area contributed by atoms with Crippen LogP contribution < -0.4 is 14.8 Å². The molecule has 1 atom stereocenters. The molecule has 0 saturated heterocycles. The molecular formula is C21H22FNO4. The van der Waals surface area contributed by atoms with E-state index in [1.54, 1.807) is 6.07 Å². The topological polar surface area (TPSA) is 60.7 Å². The lowest BCUT2D eigenvalue weighted by molar-refractivity contribution is -0.121. The van der Waals surface area contributed by atoms with Gasteiger partial charge in [0.05, 0.1) is 26.2 Å². The van der Waals surface area contributed by atoms with Crippen molar-refractivity contribution in [3.63, 3.8) is 0 Å². The van der Waals surface area contributed by atoms with Gasteiger partial charge in [-0.05, 0) is 43.7 Å². The second kappa shape index (κ2) is 8.12. The Morgan fingerprint density at radius 2 is 2.04 bits per heavy atom. The molecule has 0 bridgehead atoms. The highest BCUT2D eigenvalue weighted by atomic mass is 19.1. The lowest BCUT2D eigenvalue weighted by atomic mass is 10.1. The van der Waals surface area contributed by atoms with E-state index >= 15 is 0 Å². The first-order valence-electron chi connectivity index (χ1n) is 8.78. The first kappa shape index (κ1) is 18.8. The van der Waals surface area contributed by atoms with Crippen LogP contribution in [0, 0.1) is 5.82 Å². The van der Waals surface area contributed by atoms with Crippen molar-refractivity contribution in [2.75, 3.05) is 13.7 Å². The largest absolute Gasteiger partial charge is 0.494 e. The Bertz CT molecular complexity index is 951. The molecule has 6 heteroatoms. The van der Waals surface area contributed by atoms with Gasteiger partial charge in [-0.25, -0.2) is 4.39 Å². The molecular weight excluding hydrogens is 349 g/mol. The number of methoxy groups -OCH3 is 1. The Balaban J connectivity index is 1.70. The first-order chi connectivity index (χ1) is 13.0. The molecule has 3 rings (SSSR count). The van der Waals surface area contributed by atoms with Crippen LogP contribution in [-0.2, 0) is 11.2 Å². The van der Waals surface area contributed by atoms with Crippen molar-refractivity contribution < 1.29 is 23.1 Å². The lowest BCUT2D eigenvalue weighted by Crippen LogP contribution is -2.27. The molecule has 1 amide bonds. The van der Waals surface area contributed by atoms with Crippen LogP contribution in [0.3, 0.4) is 0 Å². The molecule has 1 aromatic heterocycles. The molecule has 0 spiro atoms. The highest BCUT2D eigenvalue weighted by Gasteiger charge is 2.17. The molecule has 142 valence electrons. The number of hydrogen-bond acceptors (Lipinski definition) is 4. The minimum absolute atomic E-state index is 0.0652. The number of fused-ring (bicyclic) bond motifs is 1. The van der Waals surface area contributed by atoms with Gasteiger partial charge in [0, 0.05) is 5.39 Å². The minimum Gasteiger partial charge on any atom is -0.494 e. The van der Waals surface area contributed by atoms with Crippen molar-refractivity contribution in [1.82, 2.24) is 5.32 Å². The quantitative estimate of drug-likeness (QED) is 0.669. The predicted molar refractivity (Wildman–Crippen MR) is 101 cm³/mol. The van der Waals surface area contributed by atoms with Gasteiger partial charge in [-0.2, -0.15) is 0 Å². The number of rotatable bonds is 7. The third kappa shape index (κ3) is 4.22. The maximum Gasteiger partial charge on any atom is 0.225 e. The molecule has 5 nitrogen and oxygen atoms in total. The normalized spacial score (nSPS) is 12.0. The minimum atomic E-state index is -0.489. The van der Waals surface area contributed by atoms with E-state index in [4.69, 9.17) is 13.9 Å². The molecule has 27 heavy (non-hydrogen) atoms. The maximum atomic E-state index is 13.8. The summed E-state index contributed by atoms with van der Waals surface area (Å²) in [6.45, 7) is 4.29. The standard InChI is InChI=1S/C21H22FNO4/c1-4-26-18-7-5-6-15-12-19(27-21(15)18)13(2)23-20(24)11-14-8-9-17(25-3)16(22)10-14/h5-10,12-13H,4,11H2,1-3H3,(H,23,24). The summed E-state index contributed by atoms with van der Waals surface area (Å²) in [6, 6.07) is 11.7. The Morgan fingerprint density at radius 3 is 2.74 bits per heavy atom. The van der Waals surface area contributed by atoms with Gasteiger partial charge in [-0.3, -0.25) is 4.79 Å². The molecule has 0 fully saturated rings. The number of amides is 1. The van der Waals surface area contributed by atoms with Crippen LogP contribution in [0.2, 0.25) is 0 Å². The molecule has 2 aromatic carbocycles. The van der Waals surface area contributed by atoms with Crippen LogP contribution in [0.15, 0.2) is 46.9 Å². The third-order valence-electron chi connectivity index (χ3n) is 4.21. The molecule has 0 radical (unpaired) electrons. The van der Waals surface area contributed by atoms with Gasteiger partial charge in [0.15, 0.2) is 22.9 Å². The van der Waals surface area contributed by atoms with Crippen molar-refractivity contribution in [3.8, 4) is 11.5 Å². The zero-order valence-corrected chi connectivity index (χ0v) is 15.5. The summed E-state index contributed by atoms with van der Waals surface area (Å²) in [5, 5.41) is 3.79. The SMILES string of the molecule is CCOc1cccc2cc(C(C)NC(=O)Cc3ccc(OC)c(F)c3)oc12. The molecule has 3 aromatic rings. The van der Waals surface area contributed by atoms with E-state index in [2.05, 4.69) is 5.32 Å². The predicted octanol–water partition coefficient (Wildman–Crippen LogP) is 4.40. The van der Waals surface area contributed by atoms with Crippen LogP contribution in [0.25, 0.3) is 11.0 Å². The summed E-state index contributed by atoms with van der Waals surface area (Å²) in [5.74, 6) is 0.744. The van der Waals surface area contributed by atoms with Crippen LogP contribution in [0.4, 0.5) is 4.39 Å². The van der Waals surface area contributed by atoms with Gasteiger partial charge in [-0.15, -0.1) is 0 Å². The maximum absolute atomic E-state index is 13.8. The fraction of sp³-hybridized carbons (Fsp3) is 0.286. The summed E-state index contributed by atoms with van der Waals surface area (Å²) >= 11 is 0. The number of nitrogens with one attached hydrogen (secondary N) is 1. The Kier molecular flexibility index (Phi) is 5.64. The second-order valence-electron chi connectivity index (χ2n) is 6.19. The van der Waals surface area contributed by atoms with Crippen molar-refractivity contribution >= 4 is 16.9 Å². The smallest absolute Gasteiger partial charge is 0.225 e. The van der Waals surface area contributed by atoms with E-state index in [1.165, 1.54) is 19.2 Å². The monoisotopic (exact) mass is 371 g/mol. The van der Waals surface area contributed by atoms with E-state index < -0.39 is 5.82 Å². The first-order valence-corrected chi connectivity index (χ1v) is 8.78. The summed E-state index contributed by atoms with van der Waals surface area (Å²) < 4.78 is 30.1. The average Bonchev–Trinajstić information content (AvgIpc) is 3.07. The number of ether oxygens (including phenoxy) is 2. The van der Waals surface area contributed by atoms with E-state index in [0.29, 0.717) is 29.3 Å². The van der Waals surface area contributed by atoms with Crippen LogP contribution in [-0.4, -0.2) is 19.6 Å². The molecule has 1 heterocycles. The zero-order valence-electron chi connectivity index (χ0n) is 15.5. The molecule has 1 N–H and O–H groups in total. The highest BCUT2D eigenvalue weighted by Crippen LogP contribution is 2.31. The average molecular weight is 371 g/mol. The van der Waals surface area contributed by atoms with Gasteiger partial charge in [0.2, 0.25) is 5.91 Å². The number of benzene rings is 2. The van der Waals surface area contributed by atoms with Crippen LogP contribution >= 0.6 is 0 Å². The lowest BCUT2D eigenvalue weighted by Gasteiger charge is -2.12. The Hall–Kier alpha value is -3.02. The Labute approximate surface area is 157 Å². The molecule has 0 saturated carbocycles. The van der Waals surface area contributed by atoms with Gasteiger partial charge < -0.3 is 19.2 Å². The zero-order chi connectivity index (χ0) is 19.4. The van der Waals surface area contributed by atoms with E-state index in [0.717, 1.165) is 5.39 Å². The number of furan rings is 1. The fourth-order valence-corrected chi connectivity index (χ4v) is 2.91. The van der Waals surface area contributed by atoms with E-state index in [-0.39, 0.29) is 24.1 Å².